The van der Waals surface area contributed by atoms with Crippen LogP contribution in [0.1, 0.15) is 72.5 Å². The SMILES string of the molecule is CCCCCCC(C)NC(=O)c1ccc(C(=O)O)c(C)n1. The minimum atomic E-state index is -1.03. The first kappa shape index (κ1) is 17.1. The number of hydrogen-bond acceptors (Lipinski definition) is 3. The molecule has 1 aromatic heterocycles. The van der Waals surface area contributed by atoms with E-state index in [-0.39, 0.29) is 23.2 Å². The topological polar surface area (TPSA) is 79.3 Å². The number of carbonyl (C=O) groups is 2. The van der Waals surface area contributed by atoms with Crippen LogP contribution in [-0.2, 0) is 0 Å². The van der Waals surface area contributed by atoms with Crippen molar-refractivity contribution >= 4 is 11.9 Å². The van der Waals surface area contributed by atoms with Crippen LogP contribution in [0.3, 0.4) is 0 Å². The van der Waals surface area contributed by atoms with Gasteiger partial charge in [-0.2, -0.15) is 0 Å². The van der Waals surface area contributed by atoms with Crippen molar-refractivity contribution in [2.75, 3.05) is 0 Å². The first-order chi connectivity index (χ1) is 9.95. The standard InChI is InChI=1S/C16H24N2O3/c1-4-5-6-7-8-11(2)17-15(19)14-10-9-13(16(20)21)12(3)18-14/h9-11H,4-8H2,1-3H3,(H,17,19)(H,20,21). The largest absolute Gasteiger partial charge is 0.478 e. The number of hydrogen-bond donors (Lipinski definition) is 2. The first-order valence-electron chi connectivity index (χ1n) is 7.47. The summed E-state index contributed by atoms with van der Waals surface area (Å²) in [5, 5.41) is 11.8. The molecule has 1 heterocycles. The smallest absolute Gasteiger partial charge is 0.337 e. The van der Waals surface area contributed by atoms with E-state index in [0.29, 0.717) is 5.69 Å². The summed E-state index contributed by atoms with van der Waals surface area (Å²) in [6.45, 7) is 5.73. The quantitative estimate of drug-likeness (QED) is 0.721. The molecule has 5 nitrogen and oxygen atoms in total. The van der Waals surface area contributed by atoms with Crippen molar-refractivity contribution in [3.8, 4) is 0 Å². The molecule has 5 heteroatoms. The molecule has 0 aliphatic rings. The third kappa shape index (κ3) is 5.53. The van der Waals surface area contributed by atoms with E-state index in [1.807, 2.05) is 6.92 Å². The second-order valence-electron chi connectivity index (χ2n) is 5.36. The zero-order valence-corrected chi connectivity index (χ0v) is 13.0. The maximum atomic E-state index is 12.1. The van der Waals surface area contributed by atoms with Crippen molar-refractivity contribution in [3.63, 3.8) is 0 Å². The van der Waals surface area contributed by atoms with Crippen molar-refractivity contribution in [1.82, 2.24) is 10.3 Å². The Morgan fingerprint density at radius 3 is 2.57 bits per heavy atom. The fraction of sp³-hybridized carbons (Fsp3) is 0.562. The lowest BCUT2D eigenvalue weighted by Gasteiger charge is -2.13. The van der Waals surface area contributed by atoms with Gasteiger partial charge in [0.1, 0.15) is 5.69 Å². The molecule has 0 bridgehead atoms. The van der Waals surface area contributed by atoms with Crippen LogP contribution >= 0.6 is 0 Å². The van der Waals surface area contributed by atoms with Crippen LogP contribution in [0.5, 0.6) is 0 Å². The Labute approximate surface area is 125 Å². The number of nitrogens with one attached hydrogen (secondary N) is 1. The molecule has 0 spiro atoms. The minimum Gasteiger partial charge on any atom is -0.478 e. The zero-order chi connectivity index (χ0) is 15.8. The lowest BCUT2D eigenvalue weighted by atomic mass is 10.1. The number of carboxylic acid groups (broad SMARTS) is 1. The van der Waals surface area contributed by atoms with Crippen LogP contribution in [0, 0.1) is 6.92 Å². The monoisotopic (exact) mass is 292 g/mol. The van der Waals surface area contributed by atoms with Gasteiger partial charge in [-0.1, -0.05) is 32.6 Å². The van der Waals surface area contributed by atoms with Gasteiger partial charge in [0.05, 0.1) is 11.3 Å². The second kappa shape index (κ2) is 8.39. The number of aromatic carboxylic acids is 1. The Kier molecular flexibility index (Phi) is 6.85. The second-order valence-corrected chi connectivity index (χ2v) is 5.36. The fourth-order valence-corrected chi connectivity index (χ4v) is 2.16. The molecule has 1 amide bonds. The summed E-state index contributed by atoms with van der Waals surface area (Å²) < 4.78 is 0. The Morgan fingerprint density at radius 1 is 1.29 bits per heavy atom. The Morgan fingerprint density at radius 2 is 2.00 bits per heavy atom. The number of carbonyl (C=O) groups excluding carboxylic acids is 1. The third-order valence-corrected chi connectivity index (χ3v) is 3.42. The van der Waals surface area contributed by atoms with Gasteiger partial charge in [-0.3, -0.25) is 4.79 Å². The van der Waals surface area contributed by atoms with Crippen molar-refractivity contribution in [2.24, 2.45) is 0 Å². The Balaban J connectivity index is 2.55. The van der Waals surface area contributed by atoms with E-state index in [9.17, 15) is 9.59 Å². The highest BCUT2D eigenvalue weighted by molar-refractivity contribution is 5.94. The normalized spacial score (nSPS) is 12.0. The van der Waals surface area contributed by atoms with E-state index in [4.69, 9.17) is 5.11 Å². The summed E-state index contributed by atoms with van der Waals surface area (Å²) in [6, 6.07) is 2.97. The van der Waals surface area contributed by atoms with Crippen molar-refractivity contribution < 1.29 is 14.7 Å². The van der Waals surface area contributed by atoms with E-state index in [2.05, 4.69) is 17.2 Å². The molecule has 1 atom stereocenters. The van der Waals surface area contributed by atoms with Gasteiger partial charge in [-0.15, -0.1) is 0 Å². The molecule has 0 radical (unpaired) electrons. The zero-order valence-electron chi connectivity index (χ0n) is 13.0. The lowest BCUT2D eigenvalue weighted by Crippen LogP contribution is -2.33. The van der Waals surface area contributed by atoms with Crippen LogP contribution in [0.2, 0.25) is 0 Å². The molecule has 1 unspecified atom stereocenters. The number of unbranched alkanes of at least 4 members (excludes halogenated alkanes) is 3. The molecule has 2 N–H and O–H groups in total. The van der Waals surface area contributed by atoms with Crippen LogP contribution in [0.4, 0.5) is 0 Å². The molecule has 0 aromatic carbocycles. The van der Waals surface area contributed by atoms with Crippen LogP contribution in [-0.4, -0.2) is 28.0 Å². The van der Waals surface area contributed by atoms with Crippen molar-refractivity contribution in [1.29, 1.82) is 0 Å². The number of carboxylic acids is 1. The summed E-state index contributed by atoms with van der Waals surface area (Å²) in [5.41, 5.74) is 0.739. The van der Waals surface area contributed by atoms with Crippen molar-refractivity contribution in [2.45, 2.75) is 58.9 Å². The highest BCUT2D eigenvalue weighted by Crippen LogP contribution is 2.09. The van der Waals surface area contributed by atoms with E-state index < -0.39 is 5.97 Å². The highest BCUT2D eigenvalue weighted by atomic mass is 16.4. The van der Waals surface area contributed by atoms with Crippen LogP contribution in [0.25, 0.3) is 0 Å². The van der Waals surface area contributed by atoms with Crippen LogP contribution < -0.4 is 5.32 Å². The molecule has 0 aliphatic heterocycles. The number of aryl methyl sites for hydroxylation is 1. The summed E-state index contributed by atoms with van der Waals surface area (Å²) in [7, 11) is 0. The lowest BCUT2D eigenvalue weighted by molar-refractivity contribution is 0.0694. The predicted molar refractivity (Wildman–Crippen MR) is 81.6 cm³/mol. The van der Waals surface area contributed by atoms with Crippen LogP contribution in [0.15, 0.2) is 12.1 Å². The maximum Gasteiger partial charge on any atom is 0.337 e. The average molecular weight is 292 g/mol. The minimum absolute atomic E-state index is 0.0932. The van der Waals surface area contributed by atoms with Crippen molar-refractivity contribution in [3.05, 3.63) is 29.1 Å². The maximum absolute atomic E-state index is 12.1. The molecular weight excluding hydrogens is 268 g/mol. The van der Waals surface area contributed by atoms with Gasteiger partial charge < -0.3 is 10.4 Å². The van der Waals surface area contributed by atoms with Gasteiger partial charge >= 0.3 is 5.97 Å². The molecule has 21 heavy (non-hydrogen) atoms. The average Bonchev–Trinajstić information content (AvgIpc) is 2.43. The van der Waals surface area contributed by atoms with E-state index in [1.165, 1.54) is 31.4 Å². The number of pyridine rings is 1. The number of amides is 1. The fourth-order valence-electron chi connectivity index (χ4n) is 2.16. The number of nitrogens with zero attached hydrogens (tertiary/aromatic N) is 1. The predicted octanol–water partition coefficient (Wildman–Crippen LogP) is 3.18. The summed E-state index contributed by atoms with van der Waals surface area (Å²) in [4.78, 5) is 27.0. The number of aromatic nitrogens is 1. The number of rotatable bonds is 8. The Hall–Kier alpha value is -1.91. The molecule has 0 saturated heterocycles. The van der Waals surface area contributed by atoms with Gasteiger partial charge in [0.2, 0.25) is 0 Å². The van der Waals surface area contributed by atoms with Gasteiger partial charge in [-0.05, 0) is 32.4 Å². The van der Waals surface area contributed by atoms with Gasteiger partial charge in [-0.25, -0.2) is 9.78 Å². The van der Waals surface area contributed by atoms with Gasteiger partial charge in [0.15, 0.2) is 0 Å². The molecule has 1 rings (SSSR count). The molecule has 116 valence electrons. The molecule has 1 aromatic rings. The molecular formula is C16H24N2O3. The Bertz CT molecular complexity index is 500. The van der Waals surface area contributed by atoms with E-state index in [0.717, 1.165) is 12.8 Å². The summed E-state index contributed by atoms with van der Waals surface area (Å²) in [6.07, 6.45) is 5.64. The van der Waals surface area contributed by atoms with Gasteiger partial charge in [0.25, 0.3) is 5.91 Å². The highest BCUT2D eigenvalue weighted by Gasteiger charge is 2.14. The van der Waals surface area contributed by atoms with E-state index in [1.54, 1.807) is 6.92 Å². The van der Waals surface area contributed by atoms with Gasteiger partial charge in [0, 0.05) is 6.04 Å². The van der Waals surface area contributed by atoms with E-state index >= 15 is 0 Å². The molecule has 0 fully saturated rings. The first-order valence-corrected chi connectivity index (χ1v) is 7.47. The summed E-state index contributed by atoms with van der Waals surface area (Å²) in [5.74, 6) is -1.28. The molecule has 0 saturated carbocycles. The molecule has 0 aliphatic carbocycles. The third-order valence-electron chi connectivity index (χ3n) is 3.42. The summed E-state index contributed by atoms with van der Waals surface area (Å²) >= 11 is 0.